The molecule has 0 aromatic heterocycles. The zero-order valence-electron chi connectivity index (χ0n) is 6.87. The number of hydrogen-bond donors (Lipinski definition) is 0. The Morgan fingerprint density at radius 1 is 1.25 bits per heavy atom. The van der Waals surface area contributed by atoms with Gasteiger partial charge in [-0.1, -0.05) is 12.2 Å². The molecule has 1 heterocycles. The molecule has 1 fully saturated rings. The lowest BCUT2D eigenvalue weighted by Crippen LogP contribution is -2.23. The molecule has 0 aromatic rings. The molecule has 2 atom stereocenters. The Hall–Kier alpha value is -0.500. The second-order valence-electron chi connectivity index (χ2n) is 3.62. The molecule has 0 radical (unpaired) electrons. The number of carbonyl (C=O) groups is 1. The molecule has 12 heavy (non-hydrogen) atoms. The summed E-state index contributed by atoms with van der Waals surface area (Å²) in [6.07, 6.45) is 6.66. The normalized spacial score (nSPS) is 33.6. The van der Waals surface area contributed by atoms with Crippen LogP contribution in [0.25, 0.3) is 0 Å². The highest BCUT2D eigenvalue weighted by Crippen LogP contribution is 2.33. The van der Waals surface area contributed by atoms with Crippen LogP contribution >= 0.6 is 11.6 Å². The minimum absolute atomic E-state index is 0.288. The van der Waals surface area contributed by atoms with Gasteiger partial charge in [-0.05, 0) is 36.3 Å². The Morgan fingerprint density at radius 2 is 1.75 bits per heavy atom. The number of nitrogens with zero attached hydrogens (tertiary/aromatic N) is 1. The van der Waals surface area contributed by atoms with Crippen molar-refractivity contribution in [3.8, 4) is 0 Å². The molecule has 0 aromatic carbocycles. The number of fused-ring (bicyclic) bond motifs is 1. The van der Waals surface area contributed by atoms with Crippen LogP contribution in [0.15, 0.2) is 12.2 Å². The van der Waals surface area contributed by atoms with E-state index in [0.29, 0.717) is 11.8 Å². The molecular weight excluding hydrogens is 174 g/mol. The molecule has 1 saturated heterocycles. The summed E-state index contributed by atoms with van der Waals surface area (Å²) in [6, 6.07) is 0. The van der Waals surface area contributed by atoms with Crippen LogP contribution in [0, 0.1) is 11.8 Å². The first-order chi connectivity index (χ1) is 5.77. The molecule has 0 N–H and O–H groups in total. The molecule has 66 valence electrons. The summed E-state index contributed by atoms with van der Waals surface area (Å²) in [7, 11) is 0. The quantitative estimate of drug-likeness (QED) is 0.322. The zero-order valence-corrected chi connectivity index (χ0v) is 7.63. The second kappa shape index (κ2) is 3.09. The van der Waals surface area contributed by atoms with Crippen LogP contribution in [0.1, 0.15) is 12.8 Å². The van der Waals surface area contributed by atoms with Gasteiger partial charge in [0, 0.05) is 13.1 Å². The van der Waals surface area contributed by atoms with E-state index in [4.69, 9.17) is 11.6 Å². The summed E-state index contributed by atoms with van der Waals surface area (Å²) in [5, 5.41) is -0.288. The summed E-state index contributed by atoms with van der Waals surface area (Å²) in [5.74, 6) is 1.33. The van der Waals surface area contributed by atoms with Gasteiger partial charge in [0.2, 0.25) is 0 Å². The van der Waals surface area contributed by atoms with Gasteiger partial charge in [-0.2, -0.15) is 0 Å². The van der Waals surface area contributed by atoms with Crippen molar-refractivity contribution in [2.24, 2.45) is 11.8 Å². The van der Waals surface area contributed by atoms with E-state index >= 15 is 0 Å². The summed E-state index contributed by atoms with van der Waals surface area (Å²) >= 11 is 5.42. The molecule has 0 unspecified atom stereocenters. The van der Waals surface area contributed by atoms with Gasteiger partial charge in [-0.3, -0.25) is 4.79 Å². The second-order valence-corrected chi connectivity index (χ2v) is 3.94. The van der Waals surface area contributed by atoms with E-state index in [0.717, 1.165) is 25.9 Å². The van der Waals surface area contributed by atoms with Gasteiger partial charge in [-0.25, -0.2) is 0 Å². The van der Waals surface area contributed by atoms with E-state index in [-0.39, 0.29) is 5.37 Å². The predicted octanol–water partition coefficient (Wildman–Crippen LogP) is 2.24. The van der Waals surface area contributed by atoms with Gasteiger partial charge in [0.1, 0.15) is 0 Å². The van der Waals surface area contributed by atoms with Crippen molar-refractivity contribution >= 4 is 17.0 Å². The number of allylic oxidation sites excluding steroid dienone is 2. The first-order valence-electron chi connectivity index (χ1n) is 4.37. The van der Waals surface area contributed by atoms with Gasteiger partial charge in [0.25, 0.3) is 0 Å². The van der Waals surface area contributed by atoms with Crippen molar-refractivity contribution < 1.29 is 4.79 Å². The van der Waals surface area contributed by atoms with E-state index in [1.54, 1.807) is 4.90 Å². The van der Waals surface area contributed by atoms with Gasteiger partial charge in [0.05, 0.1) is 0 Å². The number of rotatable bonds is 0. The Kier molecular flexibility index (Phi) is 2.09. The van der Waals surface area contributed by atoms with E-state index in [1.165, 1.54) is 0 Å². The van der Waals surface area contributed by atoms with Crippen LogP contribution in [-0.4, -0.2) is 23.4 Å². The molecule has 2 rings (SSSR count). The maximum Gasteiger partial charge on any atom is 0.316 e. The van der Waals surface area contributed by atoms with Crippen LogP contribution in [-0.2, 0) is 0 Å². The largest absolute Gasteiger partial charge is 0.329 e. The van der Waals surface area contributed by atoms with Crippen LogP contribution in [0.4, 0.5) is 4.79 Å². The Labute approximate surface area is 77.2 Å². The van der Waals surface area contributed by atoms with Crippen LogP contribution in [0.5, 0.6) is 0 Å². The van der Waals surface area contributed by atoms with Crippen molar-refractivity contribution in [1.82, 2.24) is 4.90 Å². The van der Waals surface area contributed by atoms with Crippen molar-refractivity contribution in [2.75, 3.05) is 13.1 Å². The van der Waals surface area contributed by atoms with E-state index < -0.39 is 0 Å². The number of halogens is 1. The highest BCUT2D eigenvalue weighted by molar-refractivity contribution is 6.62. The van der Waals surface area contributed by atoms with Crippen molar-refractivity contribution in [3.05, 3.63) is 12.2 Å². The molecule has 0 bridgehead atoms. The number of amides is 1. The van der Waals surface area contributed by atoms with Crippen LogP contribution in [0.2, 0.25) is 0 Å². The van der Waals surface area contributed by atoms with Gasteiger partial charge in [0.15, 0.2) is 0 Å². The molecule has 2 nitrogen and oxygen atoms in total. The minimum atomic E-state index is -0.288. The van der Waals surface area contributed by atoms with Gasteiger partial charge < -0.3 is 4.90 Å². The van der Waals surface area contributed by atoms with E-state index in [1.807, 2.05) is 0 Å². The highest BCUT2D eigenvalue weighted by atomic mass is 35.5. The molecule has 0 spiro atoms. The third-order valence-corrected chi connectivity index (χ3v) is 3.11. The lowest BCUT2D eigenvalue weighted by molar-refractivity contribution is 0.230. The fourth-order valence-electron chi connectivity index (χ4n) is 2.16. The molecule has 1 aliphatic heterocycles. The van der Waals surface area contributed by atoms with Gasteiger partial charge in [-0.15, -0.1) is 0 Å². The lowest BCUT2D eigenvalue weighted by Gasteiger charge is -2.17. The molecule has 2 aliphatic rings. The van der Waals surface area contributed by atoms with E-state index in [2.05, 4.69) is 12.2 Å². The number of carbonyl (C=O) groups excluding carboxylic acids is 1. The van der Waals surface area contributed by atoms with Crippen LogP contribution < -0.4 is 0 Å². The van der Waals surface area contributed by atoms with Crippen LogP contribution in [0.3, 0.4) is 0 Å². The first-order valence-corrected chi connectivity index (χ1v) is 4.74. The molecular formula is C9H12ClNO. The SMILES string of the molecule is O=C(Cl)N1C[C@H]2CC=CC[C@H]2C1. The fourth-order valence-corrected chi connectivity index (χ4v) is 2.30. The lowest BCUT2D eigenvalue weighted by atomic mass is 9.86. The summed E-state index contributed by atoms with van der Waals surface area (Å²) in [4.78, 5) is 12.6. The Bertz CT molecular complexity index is 211. The maximum absolute atomic E-state index is 10.9. The monoisotopic (exact) mass is 185 g/mol. The average molecular weight is 186 g/mol. The number of likely N-dealkylation sites (tertiary alicyclic amines) is 1. The number of hydrogen-bond acceptors (Lipinski definition) is 1. The molecule has 0 saturated carbocycles. The zero-order chi connectivity index (χ0) is 8.55. The average Bonchev–Trinajstić information content (AvgIpc) is 2.46. The van der Waals surface area contributed by atoms with Crippen molar-refractivity contribution in [3.63, 3.8) is 0 Å². The fraction of sp³-hybridized carbons (Fsp3) is 0.667. The molecule has 1 amide bonds. The summed E-state index contributed by atoms with van der Waals surface area (Å²) in [6.45, 7) is 1.72. The summed E-state index contributed by atoms with van der Waals surface area (Å²) < 4.78 is 0. The van der Waals surface area contributed by atoms with E-state index in [9.17, 15) is 4.79 Å². The standard InChI is InChI=1S/C9H12ClNO/c10-9(12)11-5-7-3-1-2-4-8(7)6-11/h1-2,7-8H,3-6H2/t7-,8+. The molecule has 3 heteroatoms. The van der Waals surface area contributed by atoms with Crippen molar-refractivity contribution in [2.45, 2.75) is 12.8 Å². The van der Waals surface area contributed by atoms with Crippen molar-refractivity contribution in [1.29, 1.82) is 0 Å². The smallest absolute Gasteiger partial charge is 0.316 e. The van der Waals surface area contributed by atoms with Gasteiger partial charge >= 0.3 is 5.37 Å². The Morgan fingerprint density at radius 3 is 2.17 bits per heavy atom. The summed E-state index contributed by atoms with van der Waals surface area (Å²) in [5.41, 5.74) is 0. The third kappa shape index (κ3) is 1.36. The minimum Gasteiger partial charge on any atom is -0.329 e. The predicted molar refractivity (Wildman–Crippen MR) is 48.2 cm³/mol. The first kappa shape index (κ1) is 8.11. The topological polar surface area (TPSA) is 20.3 Å². The molecule has 1 aliphatic carbocycles. The third-order valence-electron chi connectivity index (χ3n) is 2.87. The maximum atomic E-state index is 10.9. The Balaban J connectivity index is 2.02. The highest BCUT2D eigenvalue weighted by Gasteiger charge is 2.34.